The molecule has 0 unspecified atom stereocenters. The Balaban J connectivity index is 1.99. The molecule has 0 saturated heterocycles. The van der Waals surface area contributed by atoms with Crippen LogP contribution in [0.4, 0.5) is 0 Å². The Bertz CT molecular complexity index is 892. The van der Waals surface area contributed by atoms with E-state index in [0.717, 1.165) is 53.7 Å². The molecule has 1 N–H and O–H groups in total. The summed E-state index contributed by atoms with van der Waals surface area (Å²) in [5.74, 6) is -2.55. The van der Waals surface area contributed by atoms with Crippen molar-refractivity contribution in [3.05, 3.63) is 77.4 Å². The van der Waals surface area contributed by atoms with Crippen LogP contribution in [-0.2, 0) is 9.63 Å². The van der Waals surface area contributed by atoms with Gasteiger partial charge in [-0.05, 0) is 48.0 Å². The van der Waals surface area contributed by atoms with Gasteiger partial charge in [0.1, 0.15) is 0 Å². The van der Waals surface area contributed by atoms with E-state index in [0.29, 0.717) is 12.8 Å². The fourth-order valence-corrected chi connectivity index (χ4v) is 4.40. The first kappa shape index (κ1) is 19.6. The van der Waals surface area contributed by atoms with Crippen molar-refractivity contribution in [3.8, 4) is 0 Å². The highest BCUT2D eigenvalue weighted by molar-refractivity contribution is 6.11. The zero-order valence-electron chi connectivity index (χ0n) is 16.8. The Morgan fingerprint density at radius 1 is 1.10 bits per heavy atom. The topological polar surface area (TPSA) is 58.9 Å². The number of carbonyl (C=O) groups excluding carboxylic acids is 1. The summed E-state index contributed by atoms with van der Waals surface area (Å²) in [5, 5.41) is 15.5. The summed E-state index contributed by atoms with van der Waals surface area (Å²) in [7, 11) is 0. The zero-order chi connectivity index (χ0) is 20.3. The van der Waals surface area contributed by atoms with E-state index in [1.54, 1.807) is 0 Å². The second-order valence-electron chi connectivity index (χ2n) is 7.82. The van der Waals surface area contributed by atoms with Gasteiger partial charge in [0.2, 0.25) is 5.78 Å². The summed E-state index contributed by atoms with van der Waals surface area (Å²) in [5.41, 5.74) is 4.94. The Morgan fingerprint density at radius 3 is 2.31 bits per heavy atom. The van der Waals surface area contributed by atoms with Crippen molar-refractivity contribution < 1.29 is 14.7 Å². The number of oxime groups is 1. The largest absolute Gasteiger partial charge is 0.351 e. The number of aliphatic hydroxyl groups is 1. The highest BCUT2D eigenvalue weighted by atomic mass is 16.7. The summed E-state index contributed by atoms with van der Waals surface area (Å²) < 4.78 is 0. The molecule has 0 radical (unpaired) electrons. The Kier molecular flexibility index (Phi) is 5.63. The summed E-state index contributed by atoms with van der Waals surface area (Å²) >= 11 is 0. The molecule has 150 valence electrons. The van der Waals surface area contributed by atoms with Gasteiger partial charge in [-0.15, -0.1) is 0 Å². The molecule has 1 fully saturated rings. The average molecular weight is 389 g/mol. The van der Waals surface area contributed by atoms with Gasteiger partial charge in [-0.3, -0.25) is 4.79 Å². The van der Waals surface area contributed by atoms with Gasteiger partial charge in [-0.2, -0.15) is 0 Å². The molecule has 1 aliphatic heterocycles. The molecule has 1 aliphatic carbocycles. The van der Waals surface area contributed by atoms with E-state index in [4.69, 9.17) is 4.84 Å². The molecule has 0 amide bonds. The smallest absolute Gasteiger partial charge is 0.300 e. The van der Waals surface area contributed by atoms with Crippen LogP contribution in [0.5, 0.6) is 0 Å². The predicted octanol–water partition coefficient (Wildman–Crippen LogP) is 5.12. The van der Waals surface area contributed by atoms with Crippen LogP contribution in [0.15, 0.2) is 71.4 Å². The standard InChI is InChI=1S/C25H27NO3/c1-2-3-16-21-24(20-15-10-17-22(27)25(20,28)29-26-21)23(18-11-6-4-7-12-18)19-13-8-5-9-14-19/h4-9,11-14,20,28H,2-3,10,15-17H2,1H3/t20-,25+/m1/s1. The van der Waals surface area contributed by atoms with Gasteiger partial charge in [-0.1, -0.05) is 79.2 Å². The zero-order valence-corrected chi connectivity index (χ0v) is 16.8. The quantitative estimate of drug-likeness (QED) is 0.772. The van der Waals surface area contributed by atoms with Gasteiger partial charge in [0.25, 0.3) is 0 Å². The summed E-state index contributed by atoms with van der Waals surface area (Å²) in [6.45, 7) is 2.14. The predicted molar refractivity (Wildman–Crippen MR) is 114 cm³/mol. The van der Waals surface area contributed by atoms with E-state index in [-0.39, 0.29) is 5.78 Å². The van der Waals surface area contributed by atoms with Crippen molar-refractivity contribution >= 4 is 17.1 Å². The lowest BCUT2D eigenvalue weighted by atomic mass is 9.72. The van der Waals surface area contributed by atoms with Crippen molar-refractivity contribution in [3.63, 3.8) is 0 Å². The van der Waals surface area contributed by atoms with Gasteiger partial charge in [0, 0.05) is 6.42 Å². The van der Waals surface area contributed by atoms with Crippen LogP contribution in [0.2, 0.25) is 0 Å². The number of hydrogen-bond donors (Lipinski definition) is 1. The molecular weight excluding hydrogens is 362 g/mol. The number of rotatable bonds is 5. The normalized spacial score (nSPS) is 23.8. The lowest BCUT2D eigenvalue weighted by Crippen LogP contribution is -2.53. The lowest BCUT2D eigenvalue weighted by Gasteiger charge is -2.41. The van der Waals surface area contributed by atoms with Gasteiger partial charge >= 0.3 is 5.79 Å². The van der Waals surface area contributed by atoms with Crippen molar-refractivity contribution in [2.75, 3.05) is 0 Å². The van der Waals surface area contributed by atoms with Crippen molar-refractivity contribution in [2.24, 2.45) is 11.1 Å². The van der Waals surface area contributed by atoms with E-state index in [1.165, 1.54) is 0 Å². The third kappa shape index (κ3) is 3.65. The Morgan fingerprint density at radius 2 is 1.72 bits per heavy atom. The number of benzene rings is 2. The fraction of sp³-hybridized carbons (Fsp3) is 0.360. The maximum absolute atomic E-state index is 12.6. The molecule has 2 aromatic carbocycles. The van der Waals surface area contributed by atoms with E-state index >= 15 is 0 Å². The summed E-state index contributed by atoms with van der Waals surface area (Å²) in [6.07, 6.45) is 4.54. The molecular formula is C25H27NO3. The first-order chi connectivity index (χ1) is 14.1. The van der Waals surface area contributed by atoms with E-state index < -0.39 is 11.7 Å². The molecule has 4 heteroatoms. The van der Waals surface area contributed by atoms with Crippen LogP contribution < -0.4 is 0 Å². The minimum Gasteiger partial charge on any atom is -0.351 e. The number of carbonyl (C=O) groups is 1. The van der Waals surface area contributed by atoms with E-state index in [1.807, 2.05) is 36.4 Å². The van der Waals surface area contributed by atoms with E-state index in [9.17, 15) is 9.90 Å². The first-order valence-corrected chi connectivity index (χ1v) is 10.5. The second-order valence-corrected chi connectivity index (χ2v) is 7.82. The van der Waals surface area contributed by atoms with Crippen LogP contribution in [-0.4, -0.2) is 22.4 Å². The van der Waals surface area contributed by atoms with Gasteiger partial charge in [-0.25, -0.2) is 0 Å². The Labute approximate surface area is 171 Å². The van der Waals surface area contributed by atoms with Gasteiger partial charge < -0.3 is 9.94 Å². The van der Waals surface area contributed by atoms with Crippen LogP contribution in [0.25, 0.3) is 5.57 Å². The molecule has 2 aromatic rings. The molecule has 2 atom stereocenters. The summed E-state index contributed by atoms with van der Waals surface area (Å²) in [6, 6.07) is 20.3. The number of fused-ring (bicyclic) bond motifs is 1. The maximum Gasteiger partial charge on any atom is 0.300 e. The highest BCUT2D eigenvalue weighted by Gasteiger charge is 2.54. The molecule has 1 heterocycles. The molecule has 0 spiro atoms. The third-order valence-corrected chi connectivity index (χ3v) is 5.88. The molecule has 1 saturated carbocycles. The van der Waals surface area contributed by atoms with Crippen LogP contribution >= 0.6 is 0 Å². The monoisotopic (exact) mass is 389 g/mol. The minimum atomic E-state index is -1.86. The number of hydrogen-bond acceptors (Lipinski definition) is 4. The lowest BCUT2D eigenvalue weighted by molar-refractivity contribution is -0.232. The molecule has 29 heavy (non-hydrogen) atoms. The number of nitrogens with zero attached hydrogens (tertiary/aromatic N) is 1. The molecule has 2 aliphatic rings. The van der Waals surface area contributed by atoms with Gasteiger partial charge in [0.15, 0.2) is 0 Å². The van der Waals surface area contributed by atoms with E-state index in [2.05, 4.69) is 36.3 Å². The van der Waals surface area contributed by atoms with Crippen molar-refractivity contribution in [2.45, 2.75) is 51.2 Å². The average Bonchev–Trinajstić information content (AvgIpc) is 2.76. The minimum absolute atomic E-state index is 0.273. The van der Waals surface area contributed by atoms with Crippen LogP contribution in [0.3, 0.4) is 0 Å². The Hall–Kier alpha value is -2.72. The van der Waals surface area contributed by atoms with Crippen molar-refractivity contribution in [1.29, 1.82) is 0 Å². The number of Topliss-reactive ketones (excluding diaryl/α,β-unsaturated/α-hetero) is 1. The molecule has 4 nitrogen and oxygen atoms in total. The number of unbranched alkanes of at least 4 members (excludes halogenated alkanes) is 1. The molecule has 4 rings (SSSR count). The van der Waals surface area contributed by atoms with Crippen LogP contribution in [0.1, 0.15) is 56.6 Å². The maximum atomic E-state index is 12.6. The first-order valence-electron chi connectivity index (χ1n) is 10.5. The molecule has 0 bridgehead atoms. The van der Waals surface area contributed by atoms with Crippen LogP contribution in [0, 0.1) is 5.92 Å². The highest BCUT2D eigenvalue weighted by Crippen LogP contribution is 2.45. The van der Waals surface area contributed by atoms with Gasteiger partial charge in [0.05, 0.1) is 11.6 Å². The second kappa shape index (κ2) is 8.34. The number of ketones is 1. The van der Waals surface area contributed by atoms with Crippen molar-refractivity contribution in [1.82, 2.24) is 0 Å². The molecule has 0 aromatic heterocycles. The SMILES string of the molecule is CCCCC1=NO[C@]2(O)C(=O)CCC[C@@H]2C1=C(c1ccccc1)c1ccccc1. The third-order valence-electron chi connectivity index (χ3n) is 5.88. The fourth-order valence-electron chi connectivity index (χ4n) is 4.40. The summed E-state index contributed by atoms with van der Waals surface area (Å²) in [4.78, 5) is 18.1.